The van der Waals surface area contributed by atoms with Crippen molar-refractivity contribution in [3.8, 4) is 0 Å². The summed E-state index contributed by atoms with van der Waals surface area (Å²) in [6, 6.07) is 8.42. The lowest BCUT2D eigenvalue weighted by molar-refractivity contribution is -0.183. The van der Waals surface area contributed by atoms with Crippen LogP contribution >= 0.6 is 0 Å². The third kappa shape index (κ3) is 7.22. The van der Waals surface area contributed by atoms with Crippen LogP contribution in [-0.4, -0.2) is 84.4 Å². The van der Waals surface area contributed by atoms with E-state index in [1.807, 2.05) is 12.0 Å². The van der Waals surface area contributed by atoms with Gasteiger partial charge in [-0.05, 0) is 86.9 Å². The molecule has 7 atom stereocenters. The Bertz CT molecular complexity index is 1120. The maximum absolute atomic E-state index is 14.1. The van der Waals surface area contributed by atoms with Gasteiger partial charge in [-0.25, -0.2) is 0 Å². The molecule has 43 heavy (non-hydrogen) atoms. The molecule has 7 heteroatoms. The van der Waals surface area contributed by atoms with Crippen LogP contribution in [0.15, 0.2) is 36.4 Å². The van der Waals surface area contributed by atoms with Crippen molar-refractivity contribution in [2.45, 2.75) is 97.5 Å². The first-order valence-corrected chi connectivity index (χ1v) is 16.9. The minimum Gasteiger partial charge on any atom is -0.394 e. The number of carbonyl (C=O) groups is 1. The largest absolute Gasteiger partial charge is 0.394 e. The molecule has 7 nitrogen and oxygen atoms in total. The Morgan fingerprint density at radius 3 is 2.51 bits per heavy atom. The van der Waals surface area contributed by atoms with E-state index in [1.165, 1.54) is 37.7 Å². The molecule has 5 aliphatic rings. The topological polar surface area (TPSA) is 68.3 Å². The second-order valence-corrected chi connectivity index (χ2v) is 15.3. The van der Waals surface area contributed by atoms with Gasteiger partial charge in [0.15, 0.2) is 0 Å². The number of benzene rings is 1. The van der Waals surface area contributed by atoms with E-state index in [4.69, 9.17) is 4.84 Å². The minimum absolute atomic E-state index is 0.00230. The van der Waals surface area contributed by atoms with Crippen molar-refractivity contribution >= 4 is 5.91 Å². The number of aliphatic hydroxyl groups is 1. The average Bonchev–Trinajstić information content (AvgIpc) is 3.60. The van der Waals surface area contributed by atoms with E-state index in [2.05, 4.69) is 80.8 Å². The summed E-state index contributed by atoms with van der Waals surface area (Å²) in [5.41, 5.74) is 3.66. The summed E-state index contributed by atoms with van der Waals surface area (Å²) < 4.78 is 0. The standard InChI is InChI=1S/C36H58N4O3/c1-24(2)33-32(23-41)43-40(34(33)35(42)37-31-19-29-18-30(25(31)3)36(29,4)5)22-28-14-10-13-27(17-28)21-39(16-15-38(6)7)20-26-11-8-9-12-26/h10,13-14,17,25-26,29-34,41H,1,8-9,11-12,15-16,18-23H2,2-7H3,(H,37,42)/t25-,29?,30?,31-,32-,33+,34-/m0/s1. The molecule has 240 valence electrons. The highest BCUT2D eigenvalue weighted by atomic mass is 16.7. The summed E-state index contributed by atoms with van der Waals surface area (Å²) >= 11 is 0. The van der Waals surface area contributed by atoms with Crippen molar-refractivity contribution in [1.29, 1.82) is 0 Å². The Balaban J connectivity index is 1.29. The van der Waals surface area contributed by atoms with Crippen molar-refractivity contribution in [3.63, 3.8) is 0 Å². The van der Waals surface area contributed by atoms with Gasteiger partial charge in [-0.2, -0.15) is 5.06 Å². The molecule has 2 N–H and O–H groups in total. The molecular formula is C36H58N4O3. The maximum atomic E-state index is 14.1. The van der Waals surface area contributed by atoms with Crippen LogP contribution in [0.5, 0.6) is 0 Å². The zero-order valence-electron chi connectivity index (χ0n) is 27.7. The summed E-state index contributed by atoms with van der Waals surface area (Å²) in [7, 11) is 4.29. The number of amides is 1. The van der Waals surface area contributed by atoms with Crippen LogP contribution in [-0.2, 0) is 22.7 Å². The molecule has 1 aromatic rings. The van der Waals surface area contributed by atoms with Crippen molar-refractivity contribution in [2.75, 3.05) is 40.3 Å². The molecule has 4 aliphatic carbocycles. The fourth-order valence-corrected chi connectivity index (χ4v) is 8.86. The van der Waals surface area contributed by atoms with Crippen LogP contribution in [0.4, 0.5) is 0 Å². The van der Waals surface area contributed by atoms with Gasteiger partial charge in [0, 0.05) is 38.1 Å². The van der Waals surface area contributed by atoms with Crippen LogP contribution in [0.2, 0.25) is 0 Å². The number of likely N-dealkylation sites (N-methyl/N-ethyl adjacent to an activating group) is 1. The van der Waals surface area contributed by atoms with E-state index < -0.39 is 12.1 Å². The summed E-state index contributed by atoms with van der Waals surface area (Å²) in [6.45, 7) is 17.8. The SMILES string of the molecule is C=C(C)[C@@H]1[C@H](CO)ON(Cc2cccc(CN(CCN(C)C)CC3CCCC3)c2)[C@@H]1C(=O)N[C@H]1CC2CC([C@@H]1C)C2(C)C. The number of aliphatic hydroxyl groups excluding tert-OH is 1. The number of carbonyl (C=O) groups excluding carboxylic acids is 1. The Kier molecular flexibility index (Phi) is 10.4. The van der Waals surface area contributed by atoms with Gasteiger partial charge in [0.25, 0.3) is 0 Å². The van der Waals surface area contributed by atoms with E-state index in [0.717, 1.165) is 49.7 Å². The van der Waals surface area contributed by atoms with Crippen molar-refractivity contribution in [3.05, 3.63) is 47.5 Å². The highest BCUT2D eigenvalue weighted by molar-refractivity contribution is 5.83. The molecule has 2 bridgehead atoms. The third-order valence-electron chi connectivity index (χ3n) is 11.6. The molecule has 4 saturated carbocycles. The molecule has 1 heterocycles. The van der Waals surface area contributed by atoms with Crippen molar-refractivity contribution < 1.29 is 14.7 Å². The highest BCUT2D eigenvalue weighted by Crippen LogP contribution is 2.61. The third-order valence-corrected chi connectivity index (χ3v) is 11.6. The van der Waals surface area contributed by atoms with Gasteiger partial charge in [-0.1, -0.05) is 70.0 Å². The molecule has 0 spiro atoms. The van der Waals surface area contributed by atoms with Gasteiger partial charge in [0.2, 0.25) is 5.91 Å². The summed E-state index contributed by atoms with van der Waals surface area (Å²) in [5.74, 6) is 2.33. The molecule has 2 unspecified atom stereocenters. The lowest BCUT2D eigenvalue weighted by Crippen LogP contribution is -2.62. The Morgan fingerprint density at radius 2 is 1.88 bits per heavy atom. The first-order chi connectivity index (χ1) is 20.5. The quantitative estimate of drug-likeness (QED) is 0.310. The summed E-state index contributed by atoms with van der Waals surface area (Å²) in [4.78, 5) is 25.3. The molecule has 1 aromatic carbocycles. The second-order valence-electron chi connectivity index (χ2n) is 15.3. The predicted molar refractivity (Wildman–Crippen MR) is 173 cm³/mol. The summed E-state index contributed by atoms with van der Waals surface area (Å²) in [6.07, 6.45) is 7.28. The van der Waals surface area contributed by atoms with Crippen LogP contribution < -0.4 is 5.32 Å². The van der Waals surface area contributed by atoms with E-state index in [0.29, 0.717) is 29.7 Å². The predicted octanol–water partition coefficient (Wildman–Crippen LogP) is 5.10. The molecule has 0 aromatic heterocycles. The molecule has 1 aliphatic heterocycles. The van der Waals surface area contributed by atoms with Gasteiger partial charge in [-0.15, -0.1) is 0 Å². The van der Waals surface area contributed by atoms with Gasteiger partial charge < -0.3 is 15.3 Å². The number of fused-ring (bicyclic) bond motifs is 2. The number of hydrogen-bond acceptors (Lipinski definition) is 6. The van der Waals surface area contributed by atoms with E-state index >= 15 is 0 Å². The Morgan fingerprint density at radius 1 is 1.16 bits per heavy atom. The Labute approximate surface area is 261 Å². The molecular weight excluding hydrogens is 536 g/mol. The molecule has 0 radical (unpaired) electrons. The fourth-order valence-electron chi connectivity index (χ4n) is 8.86. The van der Waals surface area contributed by atoms with E-state index in [-0.39, 0.29) is 24.5 Å². The van der Waals surface area contributed by atoms with E-state index in [1.54, 1.807) is 0 Å². The zero-order chi connectivity index (χ0) is 30.9. The molecule has 1 amide bonds. The van der Waals surface area contributed by atoms with Crippen LogP contribution in [0, 0.1) is 35.0 Å². The van der Waals surface area contributed by atoms with Gasteiger partial charge >= 0.3 is 0 Å². The number of hydroxylamine groups is 2. The zero-order valence-corrected chi connectivity index (χ0v) is 27.7. The molecule has 6 rings (SSSR count). The van der Waals surface area contributed by atoms with Crippen molar-refractivity contribution in [2.24, 2.45) is 35.0 Å². The van der Waals surface area contributed by atoms with E-state index in [9.17, 15) is 9.90 Å². The van der Waals surface area contributed by atoms with Crippen LogP contribution in [0.1, 0.15) is 77.3 Å². The lowest BCUT2D eigenvalue weighted by atomic mass is 9.45. The maximum Gasteiger partial charge on any atom is 0.240 e. The van der Waals surface area contributed by atoms with Crippen LogP contribution in [0.3, 0.4) is 0 Å². The summed E-state index contributed by atoms with van der Waals surface area (Å²) in [5, 5.41) is 15.5. The first-order valence-electron chi connectivity index (χ1n) is 16.9. The fraction of sp³-hybridized carbons (Fsp3) is 0.750. The van der Waals surface area contributed by atoms with Crippen molar-refractivity contribution in [1.82, 2.24) is 20.2 Å². The van der Waals surface area contributed by atoms with Gasteiger partial charge in [-0.3, -0.25) is 14.5 Å². The van der Waals surface area contributed by atoms with Gasteiger partial charge in [0.05, 0.1) is 13.2 Å². The first kappa shape index (κ1) is 32.6. The average molecular weight is 595 g/mol. The number of rotatable bonds is 13. The van der Waals surface area contributed by atoms with Gasteiger partial charge in [0.1, 0.15) is 12.1 Å². The lowest BCUT2D eigenvalue weighted by Gasteiger charge is -2.62. The second kappa shape index (κ2) is 13.7. The monoisotopic (exact) mass is 594 g/mol. The van der Waals surface area contributed by atoms with Crippen LogP contribution in [0.25, 0.3) is 0 Å². The molecule has 1 saturated heterocycles. The highest BCUT2D eigenvalue weighted by Gasteiger charge is 2.57. The molecule has 5 fully saturated rings. The number of nitrogens with zero attached hydrogens (tertiary/aromatic N) is 3. The number of nitrogens with one attached hydrogen (secondary N) is 1. The normalized spacial score (nSPS) is 32.3. The minimum atomic E-state index is -0.518. The smallest absolute Gasteiger partial charge is 0.240 e. The number of hydrogen-bond donors (Lipinski definition) is 2. The Hall–Kier alpha value is -1.77.